The average molecular weight is 532 g/mol. The van der Waals surface area contributed by atoms with Gasteiger partial charge in [0.2, 0.25) is 0 Å². The van der Waals surface area contributed by atoms with Gasteiger partial charge in [0.25, 0.3) is 17.7 Å². The van der Waals surface area contributed by atoms with E-state index in [1.165, 1.54) is 18.2 Å². The Labute approximate surface area is 225 Å². The van der Waals surface area contributed by atoms with E-state index in [1.807, 2.05) is 39.0 Å². The molecule has 3 aromatic rings. The van der Waals surface area contributed by atoms with Gasteiger partial charge in [-0.1, -0.05) is 48.4 Å². The molecule has 0 unspecified atom stereocenters. The largest absolute Gasteiger partial charge is 0.462 e. The number of hydrogen-bond donors (Lipinski definition) is 2. The molecule has 38 heavy (non-hydrogen) atoms. The van der Waals surface area contributed by atoms with Crippen molar-refractivity contribution in [2.24, 2.45) is 0 Å². The van der Waals surface area contributed by atoms with E-state index in [0.29, 0.717) is 23.4 Å². The standard InChI is InChI=1S/C29H26ClN3O5/c1-4-13-38-29(37)20-8-6-10-22(16-20)33-27(35)24(30)25(28(33)36)31-21-9-5-7-19(15-21)26(34)32-23-12-11-17(2)14-18(23)3/h5-12,14-16,31H,4,13H2,1-3H3,(H,32,34). The van der Waals surface area contributed by atoms with Crippen LogP contribution in [-0.4, -0.2) is 30.3 Å². The zero-order valence-electron chi connectivity index (χ0n) is 21.1. The second-order valence-corrected chi connectivity index (χ2v) is 9.18. The number of esters is 1. The first-order valence-corrected chi connectivity index (χ1v) is 12.4. The van der Waals surface area contributed by atoms with E-state index >= 15 is 0 Å². The summed E-state index contributed by atoms with van der Waals surface area (Å²) in [4.78, 5) is 52.1. The summed E-state index contributed by atoms with van der Waals surface area (Å²) >= 11 is 6.26. The van der Waals surface area contributed by atoms with Crippen LogP contribution in [0.1, 0.15) is 45.2 Å². The van der Waals surface area contributed by atoms with Gasteiger partial charge in [0.15, 0.2) is 0 Å². The molecule has 3 amide bonds. The van der Waals surface area contributed by atoms with E-state index in [-0.39, 0.29) is 34.5 Å². The molecule has 1 aliphatic heterocycles. The van der Waals surface area contributed by atoms with Crippen LogP contribution in [0.25, 0.3) is 0 Å². The lowest BCUT2D eigenvalue weighted by molar-refractivity contribution is -0.120. The van der Waals surface area contributed by atoms with E-state index in [9.17, 15) is 19.2 Å². The highest BCUT2D eigenvalue weighted by atomic mass is 35.5. The average Bonchev–Trinajstić information content (AvgIpc) is 3.11. The lowest BCUT2D eigenvalue weighted by Crippen LogP contribution is -2.32. The molecule has 0 fully saturated rings. The zero-order chi connectivity index (χ0) is 27.4. The van der Waals surface area contributed by atoms with Crippen molar-refractivity contribution >= 4 is 52.4 Å². The van der Waals surface area contributed by atoms with Crippen LogP contribution in [0.2, 0.25) is 0 Å². The Morgan fingerprint density at radius 1 is 0.921 bits per heavy atom. The summed E-state index contributed by atoms with van der Waals surface area (Å²) in [5.74, 6) is -2.31. The van der Waals surface area contributed by atoms with Crippen LogP contribution in [0.15, 0.2) is 77.5 Å². The Bertz CT molecular complexity index is 1480. The van der Waals surface area contributed by atoms with Gasteiger partial charge < -0.3 is 15.4 Å². The smallest absolute Gasteiger partial charge is 0.338 e. The van der Waals surface area contributed by atoms with E-state index in [2.05, 4.69) is 10.6 Å². The third kappa shape index (κ3) is 5.60. The molecule has 0 radical (unpaired) electrons. The fourth-order valence-corrected chi connectivity index (χ4v) is 4.14. The second-order valence-electron chi connectivity index (χ2n) is 8.80. The van der Waals surface area contributed by atoms with Crippen LogP contribution in [0.3, 0.4) is 0 Å². The molecule has 0 saturated heterocycles. The fourth-order valence-electron chi connectivity index (χ4n) is 3.93. The van der Waals surface area contributed by atoms with Gasteiger partial charge in [-0.05, 0) is 68.3 Å². The van der Waals surface area contributed by atoms with E-state index in [0.717, 1.165) is 16.0 Å². The number of carbonyl (C=O) groups is 4. The maximum Gasteiger partial charge on any atom is 0.338 e. The number of benzene rings is 3. The predicted molar refractivity (Wildman–Crippen MR) is 146 cm³/mol. The van der Waals surface area contributed by atoms with Crippen molar-refractivity contribution in [3.05, 3.63) is 99.7 Å². The molecule has 1 aliphatic rings. The van der Waals surface area contributed by atoms with Gasteiger partial charge in [-0.15, -0.1) is 0 Å². The number of carbonyl (C=O) groups excluding carboxylic acids is 4. The van der Waals surface area contributed by atoms with Crippen LogP contribution in [0.5, 0.6) is 0 Å². The van der Waals surface area contributed by atoms with Gasteiger partial charge in [-0.25, -0.2) is 9.69 Å². The number of aryl methyl sites for hydroxylation is 2. The molecule has 194 valence electrons. The molecule has 3 aromatic carbocycles. The number of rotatable bonds is 8. The first kappa shape index (κ1) is 26.6. The maximum absolute atomic E-state index is 13.2. The number of anilines is 3. The number of halogens is 1. The van der Waals surface area contributed by atoms with Crippen LogP contribution < -0.4 is 15.5 Å². The number of nitrogens with one attached hydrogen (secondary N) is 2. The Morgan fingerprint density at radius 2 is 1.66 bits per heavy atom. The third-order valence-electron chi connectivity index (χ3n) is 5.83. The number of amides is 3. The van der Waals surface area contributed by atoms with Gasteiger partial charge in [0.1, 0.15) is 10.7 Å². The molecule has 0 saturated carbocycles. The molecule has 2 N–H and O–H groups in total. The van der Waals surface area contributed by atoms with Crippen molar-refractivity contribution in [2.75, 3.05) is 22.1 Å². The van der Waals surface area contributed by atoms with Crippen LogP contribution >= 0.6 is 11.6 Å². The quantitative estimate of drug-likeness (QED) is 0.291. The van der Waals surface area contributed by atoms with Crippen molar-refractivity contribution in [3.63, 3.8) is 0 Å². The summed E-state index contributed by atoms with van der Waals surface area (Å²) in [5.41, 5.74) is 3.71. The summed E-state index contributed by atoms with van der Waals surface area (Å²) in [6.07, 6.45) is 0.664. The lowest BCUT2D eigenvalue weighted by Gasteiger charge is -2.16. The van der Waals surface area contributed by atoms with Crippen LogP contribution in [0.4, 0.5) is 17.1 Å². The van der Waals surface area contributed by atoms with Crippen LogP contribution in [0, 0.1) is 13.8 Å². The maximum atomic E-state index is 13.2. The zero-order valence-corrected chi connectivity index (χ0v) is 21.9. The molecule has 1 heterocycles. The molecule has 0 aromatic heterocycles. The summed E-state index contributed by atoms with van der Waals surface area (Å²) < 4.78 is 5.14. The normalized spacial score (nSPS) is 13.1. The summed E-state index contributed by atoms with van der Waals surface area (Å²) in [7, 11) is 0. The minimum atomic E-state index is -0.734. The Balaban J connectivity index is 1.52. The SMILES string of the molecule is CCCOC(=O)c1cccc(N2C(=O)C(Cl)=C(Nc3cccc(C(=O)Nc4ccc(C)cc4C)c3)C2=O)c1. The highest BCUT2D eigenvalue weighted by molar-refractivity contribution is 6.53. The Morgan fingerprint density at radius 3 is 2.39 bits per heavy atom. The third-order valence-corrected chi connectivity index (χ3v) is 6.18. The minimum Gasteiger partial charge on any atom is -0.462 e. The molecule has 0 spiro atoms. The highest BCUT2D eigenvalue weighted by Gasteiger charge is 2.39. The van der Waals surface area contributed by atoms with Crippen molar-refractivity contribution in [1.82, 2.24) is 0 Å². The van der Waals surface area contributed by atoms with Crippen molar-refractivity contribution < 1.29 is 23.9 Å². The Hall–Kier alpha value is -4.43. The first-order valence-electron chi connectivity index (χ1n) is 12.0. The number of ether oxygens (including phenoxy) is 1. The Kier molecular flexibility index (Phi) is 7.93. The molecular formula is C29H26ClN3O5. The molecular weight excluding hydrogens is 506 g/mol. The van der Waals surface area contributed by atoms with Crippen molar-refractivity contribution in [3.8, 4) is 0 Å². The minimum absolute atomic E-state index is 0.137. The van der Waals surface area contributed by atoms with Gasteiger partial charge in [0, 0.05) is 16.9 Å². The van der Waals surface area contributed by atoms with Crippen molar-refractivity contribution in [1.29, 1.82) is 0 Å². The molecule has 4 rings (SSSR count). The van der Waals surface area contributed by atoms with E-state index in [4.69, 9.17) is 16.3 Å². The van der Waals surface area contributed by atoms with Crippen molar-refractivity contribution in [2.45, 2.75) is 27.2 Å². The van der Waals surface area contributed by atoms with Gasteiger partial charge >= 0.3 is 5.97 Å². The molecule has 0 atom stereocenters. The van der Waals surface area contributed by atoms with Gasteiger partial charge in [0.05, 0.1) is 17.9 Å². The van der Waals surface area contributed by atoms with Gasteiger partial charge in [-0.3, -0.25) is 14.4 Å². The summed E-state index contributed by atoms with van der Waals surface area (Å²) in [6.45, 7) is 6.02. The molecule has 0 aliphatic carbocycles. The molecule has 0 bridgehead atoms. The predicted octanol–water partition coefficient (Wildman–Crippen LogP) is 5.56. The second kappa shape index (κ2) is 11.3. The first-order chi connectivity index (χ1) is 18.2. The highest BCUT2D eigenvalue weighted by Crippen LogP contribution is 2.31. The number of imide groups is 1. The number of nitrogens with zero attached hydrogens (tertiary/aromatic N) is 1. The van der Waals surface area contributed by atoms with Gasteiger partial charge in [-0.2, -0.15) is 0 Å². The lowest BCUT2D eigenvalue weighted by atomic mass is 10.1. The number of hydrogen-bond acceptors (Lipinski definition) is 6. The monoisotopic (exact) mass is 531 g/mol. The van der Waals surface area contributed by atoms with Crippen LogP contribution in [-0.2, 0) is 14.3 Å². The summed E-state index contributed by atoms with van der Waals surface area (Å²) in [6, 6.07) is 18.2. The van der Waals surface area contributed by atoms with E-state index in [1.54, 1.807) is 30.3 Å². The topological polar surface area (TPSA) is 105 Å². The molecule has 8 nitrogen and oxygen atoms in total. The fraction of sp³-hybridized carbons (Fsp3) is 0.172. The molecule has 9 heteroatoms. The summed E-state index contributed by atoms with van der Waals surface area (Å²) in [5, 5.41) is 5.45. The van der Waals surface area contributed by atoms with E-state index < -0.39 is 17.8 Å².